The molecular weight excluding hydrogens is 260 g/mol. The molecule has 4 heteroatoms. The summed E-state index contributed by atoms with van der Waals surface area (Å²) in [5, 5.41) is 8.93. The van der Waals surface area contributed by atoms with Crippen LogP contribution in [0.3, 0.4) is 0 Å². The number of likely N-dealkylation sites (tertiary alicyclic amines) is 1. The molecule has 1 fully saturated rings. The van der Waals surface area contributed by atoms with E-state index in [4.69, 9.17) is 0 Å². The van der Waals surface area contributed by atoms with Gasteiger partial charge in [0.1, 0.15) is 11.6 Å². The Morgan fingerprint density at radius 2 is 1.71 bits per heavy atom. The third-order valence-corrected chi connectivity index (χ3v) is 4.78. The van der Waals surface area contributed by atoms with Crippen LogP contribution in [-0.2, 0) is 25.9 Å². The van der Waals surface area contributed by atoms with Gasteiger partial charge in [-0.3, -0.25) is 4.90 Å². The van der Waals surface area contributed by atoms with Gasteiger partial charge in [0.2, 0.25) is 0 Å². The van der Waals surface area contributed by atoms with Gasteiger partial charge in [-0.2, -0.15) is 0 Å². The lowest BCUT2D eigenvalue weighted by Crippen LogP contribution is -2.30. The molecular formula is C17H22N4. The Labute approximate surface area is 125 Å². The van der Waals surface area contributed by atoms with Gasteiger partial charge in [-0.15, -0.1) is 10.2 Å². The van der Waals surface area contributed by atoms with E-state index < -0.39 is 0 Å². The van der Waals surface area contributed by atoms with E-state index in [2.05, 4.69) is 43.9 Å². The van der Waals surface area contributed by atoms with Crippen molar-refractivity contribution in [1.82, 2.24) is 19.7 Å². The molecule has 4 rings (SSSR count). The van der Waals surface area contributed by atoms with Crippen molar-refractivity contribution in [3.63, 3.8) is 0 Å². The molecule has 0 atom stereocenters. The molecule has 0 unspecified atom stereocenters. The molecule has 21 heavy (non-hydrogen) atoms. The summed E-state index contributed by atoms with van der Waals surface area (Å²) >= 11 is 0. The van der Waals surface area contributed by atoms with Crippen LogP contribution in [-0.4, -0.2) is 32.8 Å². The Hall–Kier alpha value is -1.68. The van der Waals surface area contributed by atoms with Crippen molar-refractivity contribution in [3.05, 3.63) is 47.0 Å². The normalized spacial score (nSPS) is 18.9. The number of piperidine rings is 1. The number of rotatable bonds is 2. The van der Waals surface area contributed by atoms with E-state index in [-0.39, 0.29) is 0 Å². The molecule has 4 nitrogen and oxygen atoms in total. The van der Waals surface area contributed by atoms with Crippen molar-refractivity contribution >= 4 is 0 Å². The monoisotopic (exact) mass is 282 g/mol. The third kappa shape index (κ3) is 2.60. The molecule has 110 valence electrons. The molecule has 1 aromatic heterocycles. The summed E-state index contributed by atoms with van der Waals surface area (Å²) in [7, 11) is 0. The topological polar surface area (TPSA) is 34.0 Å². The second-order valence-corrected chi connectivity index (χ2v) is 6.22. The average molecular weight is 282 g/mol. The summed E-state index contributed by atoms with van der Waals surface area (Å²) < 4.78 is 2.35. The maximum Gasteiger partial charge on any atom is 0.147 e. The summed E-state index contributed by atoms with van der Waals surface area (Å²) in [6.07, 6.45) is 6.11. The first-order valence-electron chi connectivity index (χ1n) is 8.10. The maximum atomic E-state index is 4.48. The molecule has 2 aliphatic rings. The molecule has 2 aromatic rings. The van der Waals surface area contributed by atoms with Gasteiger partial charge in [0, 0.05) is 6.42 Å². The fourth-order valence-corrected chi connectivity index (χ4v) is 3.55. The lowest BCUT2D eigenvalue weighted by atomic mass is 10.0. The smallest absolute Gasteiger partial charge is 0.147 e. The summed E-state index contributed by atoms with van der Waals surface area (Å²) in [6, 6.07) is 8.77. The molecule has 0 aliphatic carbocycles. The molecule has 2 aliphatic heterocycles. The standard InChI is InChI=1S/C17H22N4/c1-4-10-20(11-5-1)13-17-19-18-16-9-8-14-6-2-3-7-15(14)12-21(16)17/h2-3,6-7H,1,4-5,8-13H2. The highest BCUT2D eigenvalue weighted by molar-refractivity contribution is 5.30. The van der Waals surface area contributed by atoms with Gasteiger partial charge in [-0.05, 0) is 43.5 Å². The molecule has 0 bridgehead atoms. The Morgan fingerprint density at radius 3 is 2.57 bits per heavy atom. The quantitative estimate of drug-likeness (QED) is 0.848. The van der Waals surface area contributed by atoms with E-state index in [0.29, 0.717) is 0 Å². The van der Waals surface area contributed by atoms with E-state index >= 15 is 0 Å². The van der Waals surface area contributed by atoms with Gasteiger partial charge < -0.3 is 4.57 Å². The number of aromatic nitrogens is 3. The summed E-state index contributed by atoms with van der Waals surface area (Å²) in [6.45, 7) is 4.30. The van der Waals surface area contributed by atoms with Crippen molar-refractivity contribution in [2.75, 3.05) is 13.1 Å². The zero-order valence-corrected chi connectivity index (χ0v) is 12.5. The van der Waals surface area contributed by atoms with Crippen molar-refractivity contribution in [2.45, 2.75) is 45.2 Å². The fraction of sp³-hybridized carbons (Fsp3) is 0.529. The molecule has 1 saturated heterocycles. The maximum absolute atomic E-state index is 4.48. The molecule has 3 heterocycles. The van der Waals surface area contributed by atoms with Crippen LogP contribution < -0.4 is 0 Å². The SMILES string of the molecule is c1ccc2c(c1)CCc1nnc(CN3CCCCC3)n1C2. The zero-order chi connectivity index (χ0) is 14.1. The zero-order valence-electron chi connectivity index (χ0n) is 12.5. The van der Waals surface area contributed by atoms with E-state index in [1.165, 1.54) is 43.5 Å². The number of hydrogen-bond acceptors (Lipinski definition) is 3. The number of nitrogens with zero attached hydrogens (tertiary/aromatic N) is 4. The Morgan fingerprint density at radius 1 is 0.905 bits per heavy atom. The highest BCUT2D eigenvalue weighted by Crippen LogP contribution is 2.21. The Balaban J connectivity index is 1.60. The van der Waals surface area contributed by atoms with E-state index in [9.17, 15) is 0 Å². The van der Waals surface area contributed by atoms with Gasteiger partial charge in [-0.25, -0.2) is 0 Å². The number of benzene rings is 1. The number of hydrogen-bond donors (Lipinski definition) is 0. The minimum atomic E-state index is 0.932. The summed E-state index contributed by atoms with van der Waals surface area (Å²) in [4.78, 5) is 2.53. The lowest BCUT2D eigenvalue weighted by Gasteiger charge is -2.26. The first kappa shape index (κ1) is 13.0. The van der Waals surface area contributed by atoms with Gasteiger partial charge in [-0.1, -0.05) is 30.7 Å². The molecule has 0 amide bonds. The second kappa shape index (κ2) is 5.60. The first-order valence-corrected chi connectivity index (χ1v) is 8.10. The Kier molecular flexibility index (Phi) is 3.47. The minimum Gasteiger partial charge on any atom is -0.309 e. The molecule has 0 radical (unpaired) electrons. The molecule has 0 spiro atoms. The van der Waals surface area contributed by atoms with Crippen LogP contribution in [0.4, 0.5) is 0 Å². The van der Waals surface area contributed by atoms with Crippen molar-refractivity contribution < 1.29 is 0 Å². The van der Waals surface area contributed by atoms with Crippen molar-refractivity contribution in [3.8, 4) is 0 Å². The van der Waals surface area contributed by atoms with Crippen molar-refractivity contribution in [1.29, 1.82) is 0 Å². The molecule has 1 aromatic carbocycles. The Bertz CT molecular complexity index is 625. The lowest BCUT2D eigenvalue weighted by molar-refractivity contribution is 0.213. The predicted molar refractivity (Wildman–Crippen MR) is 82.1 cm³/mol. The van der Waals surface area contributed by atoms with E-state index in [0.717, 1.165) is 37.6 Å². The highest BCUT2D eigenvalue weighted by atomic mass is 15.3. The van der Waals surface area contributed by atoms with Crippen LogP contribution >= 0.6 is 0 Å². The third-order valence-electron chi connectivity index (χ3n) is 4.78. The van der Waals surface area contributed by atoms with Crippen LogP contribution in [0.5, 0.6) is 0 Å². The van der Waals surface area contributed by atoms with Crippen LogP contribution in [0.15, 0.2) is 24.3 Å². The summed E-state index contributed by atoms with van der Waals surface area (Å²) in [5.74, 6) is 2.29. The number of fused-ring (bicyclic) bond motifs is 2. The van der Waals surface area contributed by atoms with Gasteiger partial charge in [0.05, 0.1) is 13.1 Å². The van der Waals surface area contributed by atoms with Gasteiger partial charge in [0.15, 0.2) is 0 Å². The molecule has 0 saturated carbocycles. The predicted octanol–water partition coefficient (Wildman–Crippen LogP) is 2.41. The van der Waals surface area contributed by atoms with Gasteiger partial charge in [0.25, 0.3) is 0 Å². The van der Waals surface area contributed by atoms with E-state index in [1.54, 1.807) is 0 Å². The van der Waals surface area contributed by atoms with E-state index in [1.807, 2.05) is 0 Å². The highest BCUT2D eigenvalue weighted by Gasteiger charge is 2.20. The van der Waals surface area contributed by atoms with Crippen LogP contribution in [0.2, 0.25) is 0 Å². The van der Waals surface area contributed by atoms with Crippen LogP contribution in [0.25, 0.3) is 0 Å². The van der Waals surface area contributed by atoms with Crippen molar-refractivity contribution in [2.24, 2.45) is 0 Å². The number of aryl methyl sites for hydroxylation is 2. The van der Waals surface area contributed by atoms with Crippen LogP contribution in [0, 0.1) is 0 Å². The van der Waals surface area contributed by atoms with Gasteiger partial charge >= 0.3 is 0 Å². The second-order valence-electron chi connectivity index (χ2n) is 6.22. The molecule has 0 N–H and O–H groups in total. The summed E-state index contributed by atoms with van der Waals surface area (Å²) in [5.41, 5.74) is 2.89. The average Bonchev–Trinajstić information content (AvgIpc) is 2.80. The first-order chi connectivity index (χ1) is 10.4. The largest absolute Gasteiger partial charge is 0.309 e. The minimum absolute atomic E-state index is 0.932. The van der Waals surface area contributed by atoms with Crippen LogP contribution in [0.1, 0.15) is 42.0 Å². The fourth-order valence-electron chi connectivity index (χ4n) is 3.55.